The van der Waals surface area contributed by atoms with Crippen molar-refractivity contribution in [3.8, 4) is 0 Å². The Balaban J connectivity index is 1.78. The van der Waals surface area contributed by atoms with Crippen LogP contribution in [0.25, 0.3) is 16.6 Å². The topological polar surface area (TPSA) is 72.8 Å². The van der Waals surface area contributed by atoms with Gasteiger partial charge in [-0.25, -0.2) is 4.68 Å². The number of rotatable bonds is 3. The molecule has 1 aliphatic heterocycles. The molecule has 7 nitrogen and oxygen atoms in total. The van der Waals surface area contributed by atoms with Crippen molar-refractivity contribution in [1.82, 2.24) is 19.1 Å². The molecule has 144 valence electrons. The zero-order valence-corrected chi connectivity index (χ0v) is 16.3. The number of hydrogen-bond donors (Lipinski definition) is 0. The van der Waals surface area contributed by atoms with Crippen LogP contribution in [0.2, 0.25) is 0 Å². The number of hydrogen-bond acceptors (Lipinski definition) is 4. The smallest absolute Gasteiger partial charge is 0.291 e. The first kappa shape index (κ1) is 17.8. The van der Waals surface area contributed by atoms with Crippen molar-refractivity contribution in [3.05, 3.63) is 34.6 Å². The molecule has 3 unspecified atom stereocenters. The summed E-state index contributed by atoms with van der Waals surface area (Å²) in [5.74, 6) is 1.60. The molecular formula is C20H26N4O3. The molecule has 0 aliphatic carbocycles. The lowest BCUT2D eigenvalue weighted by molar-refractivity contribution is -0.138. The van der Waals surface area contributed by atoms with E-state index in [-0.39, 0.29) is 11.5 Å². The van der Waals surface area contributed by atoms with Gasteiger partial charge in [0.25, 0.3) is 5.56 Å². The van der Waals surface area contributed by atoms with Gasteiger partial charge in [-0.1, -0.05) is 20.8 Å². The van der Waals surface area contributed by atoms with Gasteiger partial charge in [0.2, 0.25) is 5.91 Å². The maximum atomic E-state index is 13.2. The van der Waals surface area contributed by atoms with Crippen LogP contribution in [0.1, 0.15) is 45.5 Å². The Morgan fingerprint density at radius 1 is 1.30 bits per heavy atom. The summed E-state index contributed by atoms with van der Waals surface area (Å²) in [6.45, 7) is 9.61. The molecular weight excluding hydrogens is 344 g/mol. The molecule has 0 N–H and O–H groups in total. The maximum Gasteiger partial charge on any atom is 0.291 e. The first-order valence-electron chi connectivity index (χ1n) is 9.67. The minimum Gasteiger partial charge on any atom is -0.463 e. The van der Waals surface area contributed by atoms with Crippen LogP contribution in [-0.4, -0.2) is 38.1 Å². The Labute approximate surface area is 157 Å². The number of likely N-dealkylation sites (tertiary alicyclic amines) is 1. The van der Waals surface area contributed by atoms with Gasteiger partial charge < -0.3 is 9.32 Å². The van der Waals surface area contributed by atoms with E-state index in [0.29, 0.717) is 35.2 Å². The van der Waals surface area contributed by atoms with Gasteiger partial charge in [-0.05, 0) is 31.6 Å². The average Bonchev–Trinajstić information content (AvgIpc) is 3.19. The first-order chi connectivity index (χ1) is 12.9. The number of carbonyl (C=O) groups is 1. The van der Waals surface area contributed by atoms with Crippen molar-refractivity contribution in [3.63, 3.8) is 0 Å². The third-order valence-electron chi connectivity index (χ3n) is 5.57. The molecule has 0 radical (unpaired) electrons. The van der Waals surface area contributed by atoms with Crippen molar-refractivity contribution in [2.45, 2.75) is 46.6 Å². The van der Waals surface area contributed by atoms with Crippen molar-refractivity contribution in [2.75, 3.05) is 13.1 Å². The normalized spacial score (nSPS) is 21.9. The van der Waals surface area contributed by atoms with Crippen LogP contribution in [0.4, 0.5) is 0 Å². The Bertz CT molecular complexity index is 1050. The highest BCUT2D eigenvalue weighted by Gasteiger charge is 2.32. The van der Waals surface area contributed by atoms with E-state index in [1.807, 2.05) is 24.8 Å². The largest absolute Gasteiger partial charge is 0.463 e. The Morgan fingerprint density at radius 3 is 2.67 bits per heavy atom. The van der Waals surface area contributed by atoms with E-state index in [1.165, 1.54) is 4.68 Å². The molecule has 3 aromatic rings. The number of aromatic nitrogens is 3. The third kappa shape index (κ3) is 2.85. The molecule has 3 atom stereocenters. The molecule has 1 fully saturated rings. The zero-order chi connectivity index (χ0) is 19.3. The summed E-state index contributed by atoms with van der Waals surface area (Å²) in [7, 11) is 0. The minimum atomic E-state index is -0.583. The van der Waals surface area contributed by atoms with Gasteiger partial charge in [0, 0.05) is 25.2 Å². The van der Waals surface area contributed by atoms with Gasteiger partial charge in [-0.15, -0.1) is 0 Å². The highest BCUT2D eigenvalue weighted by atomic mass is 16.3. The Kier molecular flexibility index (Phi) is 4.32. The molecule has 1 amide bonds. The fraction of sp³-hybridized carbons (Fsp3) is 0.550. The number of aryl methyl sites for hydroxylation is 1. The van der Waals surface area contributed by atoms with Gasteiger partial charge in [0.05, 0.1) is 11.8 Å². The first-order valence-corrected chi connectivity index (χ1v) is 9.67. The van der Waals surface area contributed by atoms with Crippen LogP contribution in [0.15, 0.2) is 27.6 Å². The van der Waals surface area contributed by atoms with E-state index in [4.69, 9.17) is 4.42 Å². The summed E-state index contributed by atoms with van der Waals surface area (Å²) in [5, 5.41) is 4.51. The molecule has 1 saturated heterocycles. The fourth-order valence-corrected chi connectivity index (χ4v) is 4.51. The van der Waals surface area contributed by atoms with Gasteiger partial charge in [0.1, 0.15) is 17.4 Å². The SMILES string of the molecule is CCC(C(=O)N1CC(C)CC(C)C1)n1nc(C)n2c(cc3occc32)c1=O. The number of nitrogens with zero attached hydrogens (tertiary/aromatic N) is 4. The highest BCUT2D eigenvalue weighted by Crippen LogP contribution is 2.25. The summed E-state index contributed by atoms with van der Waals surface area (Å²) in [4.78, 5) is 28.3. The second-order valence-electron chi connectivity index (χ2n) is 7.95. The summed E-state index contributed by atoms with van der Waals surface area (Å²) in [5.41, 5.74) is 1.69. The minimum absolute atomic E-state index is 0.00973. The lowest BCUT2D eigenvalue weighted by atomic mass is 9.91. The molecule has 0 spiro atoms. The molecule has 4 heterocycles. The predicted octanol–water partition coefficient (Wildman–Crippen LogP) is 3.01. The standard InChI is InChI=1S/C20H26N4O3/c1-5-15(19(25)22-10-12(2)8-13(3)11-22)24-20(26)17-9-18-16(6-7-27-18)23(17)14(4)21-24/h6-7,9,12-13,15H,5,8,10-11H2,1-4H3. The van der Waals surface area contributed by atoms with Crippen LogP contribution < -0.4 is 5.56 Å². The summed E-state index contributed by atoms with van der Waals surface area (Å²) >= 11 is 0. The van der Waals surface area contributed by atoms with E-state index >= 15 is 0 Å². The van der Waals surface area contributed by atoms with E-state index in [1.54, 1.807) is 16.7 Å². The summed E-state index contributed by atoms with van der Waals surface area (Å²) < 4.78 is 8.60. The predicted molar refractivity (Wildman–Crippen MR) is 103 cm³/mol. The third-order valence-corrected chi connectivity index (χ3v) is 5.57. The van der Waals surface area contributed by atoms with Gasteiger partial charge in [-0.3, -0.25) is 14.0 Å². The van der Waals surface area contributed by atoms with Crippen LogP contribution >= 0.6 is 0 Å². The van der Waals surface area contributed by atoms with E-state index in [2.05, 4.69) is 18.9 Å². The Morgan fingerprint density at radius 2 is 2.00 bits per heavy atom. The number of carbonyl (C=O) groups excluding carboxylic acids is 1. The molecule has 4 rings (SSSR count). The highest BCUT2D eigenvalue weighted by molar-refractivity contribution is 5.83. The van der Waals surface area contributed by atoms with Gasteiger partial charge >= 0.3 is 0 Å². The monoisotopic (exact) mass is 370 g/mol. The van der Waals surface area contributed by atoms with Crippen molar-refractivity contribution in [2.24, 2.45) is 11.8 Å². The van der Waals surface area contributed by atoms with E-state index in [0.717, 1.165) is 25.0 Å². The van der Waals surface area contributed by atoms with E-state index < -0.39 is 6.04 Å². The van der Waals surface area contributed by atoms with Crippen LogP contribution in [-0.2, 0) is 4.79 Å². The van der Waals surface area contributed by atoms with Crippen molar-refractivity contribution < 1.29 is 9.21 Å². The number of piperidine rings is 1. The molecule has 7 heteroatoms. The van der Waals surface area contributed by atoms with Crippen LogP contribution in [0, 0.1) is 18.8 Å². The lowest BCUT2D eigenvalue weighted by Crippen LogP contribution is -2.47. The molecule has 27 heavy (non-hydrogen) atoms. The van der Waals surface area contributed by atoms with Crippen LogP contribution in [0.5, 0.6) is 0 Å². The fourth-order valence-electron chi connectivity index (χ4n) is 4.51. The number of fused-ring (bicyclic) bond motifs is 3. The van der Waals surface area contributed by atoms with Gasteiger partial charge in [-0.2, -0.15) is 5.10 Å². The summed E-state index contributed by atoms with van der Waals surface area (Å²) in [6, 6.07) is 2.96. The van der Waals surface area contributed by atoms with E-state index in [9.17, 15) is 9.59 Å². The quantitative estimate of drug-likeness (QED) is 0.710. The molecule has 0 bridgehead atoms. The lowest BCUT2D eigenvalue weighted by Gasteiger charge is -2.36. The van der Waals surface area contributed by atoms with Crippen molar-refractivity contribution in [1.29, 1.82) is 0 Å². The number of amides is 1. The molecule has 0 saturated carbocycles. The molecule has 1 aliphatic rings. The van der Waals surface area contributed by atoms with Crippen LogP contribution in [0.3, 0.4) is 0 Å². The second-order valence-corrected chi connectivity index (χ2v) is 7.95. The van der Waals surface area contributed by atoms with Crippen molar-refractivity contribution >= 4 is 22.5 Å². The Hall–Kier alpha value is -2.57. The summed E-state index contributed by atoms with van der Waals surface area (Å²) in [6.07, 6.45) is 3.25. The zero-order valence-electron chi connectivity index (χ0n) is 16.3. The second kappa shape index (κ2) is 6.55. The average molecular weight is 370 g/mol. The molecule has 0 aromatic carbocycles. The molecule has 3 aromatic heterocycles. The van der Waals surface area contributed by atoms with Gasteiger partial charge in [0.15, 0.2) is 5.58 Å². The maximum absolute atomic E-state index is 13.2. The number of furan rings is 1.